The van der Waals surface area contributed by atoms with Crippen molar-refractivity contribution in [1.82, 2.24) is 4.90 Å². The van der Waals surface area contributed by atoms with Crippen LogP contribution in [-0.4, -0.2) is 46.1 Å². The van der Waals surface area contributed by atoms with Crippen LogP contribution in [0.2, 0.25) is 0 Å². The highest BCUT2D eigenvalue weighted by atomic mass is 32.1. The van der Waals surface area contributed by atoms with E-state index in [-0.39, 0.29) is 6.54 Å². The molecule has 5 N–H and O–H groups in total. The lowest BCUT2D eigenvalue weighted by Crippen LogP contribution is -2.56. The van der Waals surface area contributed by atoms with Crippen molar-refractivity contribution in [2.24, 2.45) is 11.5 Å². The highest BCUT2D eigenvalue weighted by Gasteiger charge is 2.38. The molecule has 1 atom stereocenters. The van der Waals surface area contributed by atoms with Crippen LogP contribution >= 0.6 is 12.2 Å². The second-order valence-corrected chi connectivity index (χ2v) is 4.20. The summed E-state index contributed by atoms with van der Waals surface area (Å²) in [7, 11) is 0. The van der Waals surface area contributed by atoms with E-state index in [0.29, 0.717) is 18.0 Å². The summed E-state index contributed by atoms with van der Waals surface area (Å²) in [5.74, 6) is -0.676. The highest BCUT2D eigenvalue weighted by molar-refractivity contribution is 7.80. The van der Waals surface area contributed by atoms with Gasteiger partial charge in [-0.2, -0.15) is 0 Å². The van der Waals surface area contributed by atoms with E-state index < -0.39 is 11.5 Å². The number of piperidine rings is 1. The van der Waals surface area contributed by atoms with Gasteiger partial charge < -0.3 is 16.6 Å². The maximum absolute atomic E-state index is 11.0. The monoisotopic (exact) mass is 217 g/mol. The number of thiocarbonyl (C=S) groups is 1. The summed E-state index contributed by atoms with van der Waals surface area (Å²) < 4.78 is 0. The number of β-amino-alcohol motifs (C(OH)–C–C–N with tert-alkyl or cyclic N) is 1. The number of hydrogen-bond donors (Lipinski definition) is 3. The average molecular weight is 217 g/mol. The van der Waals surface area contributed by atoms with E-state index in [9.17, 15) is 9.90 Å². The zero-order valence-electron chi connectivity index (χ0n) is 7.90. The molecule has 80 valence electrons. The smallest absolute Gasteiger partial charge is 0.250 e. The third kappa shape index (κ3) is 2.63. The van der Waals surface area contributed by atoms with Crippen molar-refractivity contribution in [1.29, 1.82) is 0 Å². The Morgan fingerprint density at radius 1 is 1.57 bits per heavy atom. The van der Waals surface area contributed by atoms with Crippen LogP contribution in [0.1, 0.15) is 12.8 Å². The van der Waals surface area contributed by atoms with E-state index in [1.807, 2.05) is 4.90 Å². The zero-order chi connectivity index (χ0) is 10.8. The van der Waals surface area contributed by atoms with Crippen molar-refractivity contribution in [2.75, 3.05) is 19.6 Å². The summed E-state index contributed by atoms with van der Waals surface area (Å²) in [6.07, 6.45) is 1.14. The van der Waals surface area contributed by atoms with Gasteiger partial charge in [0.1, 0.15) is 0 Å². The lowest BCUT2D eigenvalue weighted by Gasteiger charge is -2.36. The Bertz CT molecular complexity index is 259. The van der Waals surface area contributed by atoms with Crippen molar-refractivity contribution < 1.29 is 9.90 Å². The van der Waals surface area contributed by atoms with E-state index >= 15 is 0 Å². The molecule has 1 aliphatic heterocycles. The summed E-state index contributed by atoms with van der Waals surface area (Å²) >= 11 is 4.76. The minimum absolute atomic E-state index is 0.222. The molecule has 0 radical (unpaired) electrons. The number of carbonyl (C=O) groups is 1. The zero-order valence-corrected chi connectivity index (χ0v) is 8.72. The molecule has 0 aromatic carbocycles. The fourth-order valence-electron chi connectivity index (χ4n) is 1.68. The van der Waals surface area contributed by atoms with Gasteiger partial charge in [-0.05, 0) is 19.4 Å². The molecular weight excluding hydrogens is 202 g/mol. The van der Waals surface area contributed by atoms with Gasteiger partial charge in [-0.1, -0.05) is 12.2 Å². The van der Waals surface area contributed by atoms with Crippen LogP contribution in [-0.2, 0) is 4.79 Å². The average Bonchev–Trinajstić information content (AvgIpc) is 2.02. The number of nitrogens with two attached hydrogens (primary N) is 2. The molecule has 1 heterocycles. The topological polar surface area (TPSA) is 92.6 Å². The molecule has 0 aliphatic carbocycles. The van der Waals surface area contributed by atoms with Crippen molar-refractivity contribution in [2.45, 2.75) is 18.4 Å². The molecule has 6 heteroatoms. The van der Waals surface area contributed by atoms with Crippen molar-refractivity contribution in [3.63, 3.8) is 0 Å². The van der Waals surface area contributed by atoms with Gasteiger partial charge in [0.05, 0.1) is 4.99 Å². The first-order valence-electron chi connectivity index (χ1n) is 4.47. The molecular formula is C8H15N3O2S. The number of likely N-dealkylation sites (tertiary alicyclic amines) is 1. The van der Waals surface area contributed by atoms with Crippen LogP contribution in [0.25, 0.3) is 0 Å². The second kappa shape index (κ2) is 4.20. The Morgan fingerprint density at radius 3 is 2.71 bits per heavy atom. The number of carbonyl (C=O) groups excluding carboxylic acids is 1. The molecule has 0 saturated carbocycles. The summed E-state index contributed by atoms with van der Waals surface area (Å²) in [4.78, 5) is 13.2. The first-order chi connectivity index (χ1) is 6.44. The molecule has 14 heavy (non-hydrogen) atoms. The van der Waals surface area contributed by atoms with Gasteiger partial charge in [0.15, 0.2) is 5.60 Å². The SMILES string of the molecule is NC(=O)C1(O)CCCN(CC(N)=S)C1. The van der Waals surface area contributed by atoms with Gasteiger partial charge in [0.2, 0.25) is 0 Å². The second-order valence-electron chi connectivity index (χ2n) is 3.68. The Labute approximate surface area is 88.0 Å². The van der Waals surface area contributed by atoms with Crippen LogP contribution in [0, 0.1) is 0 Å². The molecule has 1 aliphatic rings. The van der Waals surface area contributed by atoms with Gasteiger partial charge in [0, 0.05) is 13.1 Å². The lowest BCUT2D eigenvalue weighted by atomic mass is 9.92. The number of aliphatic hydroxyl groups is 1. The molecule has 1 fully saturated rings. The van der Waals surface area contributed by atoms with E-state index in [1.54, 1.807) is 0 Å². The van der Waals surface area contributed by atoms with E-state index in [2.05, 4.69) is 0 Å². The highest BCUT2D eigenvalue weighted by Crippen LogP contribution is 2.20. The maximum atomic E-state index is 11.0. The summed E-state index contributed by atoms with van der Waals surface area (Å²) in [6, 6.07) is 0. The maximum Gasteiger partial charge on any atom is 0.250 e. The van der Waals surface area contributed by atoms with E-state index in [1.165, 1.54) is 0 Å². The molecule has 0 bridgehead atoms. The first kappa shape index (κ1) is 11.4. The predicted octanol–water partition coefficient (Wildman–Crippen LogP) is -1.42. The van der Waals surface area contributed by atoms with E-state index in [4.69, 9.17) is 23.7 Å². The van der Waals surface area contributed by atoms with Gasteiger partial charge in [-0.15, -0.1) is 0 Å². The molecule has 5 nitrogen and oxygen atoms in total. The van der Waals surface area contributed by atoms with Crippen LogP contribution in [0.15, 0.2) is 0 Å². The van der Waals surface area contributed by atoms with Crippen LogP contribution in [0.5, 0.6) is 0 Å². The van der Waals surface area contributed by atoms with Gasteiger partial charge in [-0.25, -0.2) is 0 Å². The predicted molar refractivity (Wildman–Crippen MR) is 56.6 cm³/mol. The van der Waals surface area contributed by atoms with Gasteiger partial charge >= 0.3 is 0 Å². The molecule has 1 amide bonds. The summed E-state index contributed by atoms with van der Waals surface area (Å²) in [5, 5.41) is 9.83. The van der Waals surface area contributed by atoms with Crippen molar-refractivity contribution in [3.05, 3.63) is 0 Å². The van der Waals surface area contributed by atoms with Crippen LogP contribution in [0.4, 0.5) is 0 Å². The number of nitrogens with zero attached hydrogens (tertiary/aromatic N) is 1. The largest absolute Gasteiger partial charge is 0.392 e. The molecule has 1 saturated heterocycles. The van der Waals surface area contributed by atoms with Crippen LogP contribution < -0.4 is 11.5 Å². The van der Waals surface area contributed by atoms with Gasteiger partial charge in [-0.3, -0.25) is 9.69 Å². The number of rotatable bonds is 3. The molecule has 0 aromatic heterocycles. The summed E-state index contributed by atoms with van der Waals surface area (Å²) in [6.45, 7) is 1.43. The molecule has 0 spiro atoms. The van der Waals surface area contributed by atoms with E-state index in [0.717, 1.165) is 13.0 Å². The van der Waals surface area contributed by atoms with Crippen molar-refractivity contribution in [3.8, 4) is 0 Å². The molecule has 0 aromatic rings. The minimum Gasteiger partial charge on any atom is -0.392 e. The fourth-order valence-corrected chi connectivity index (χ4v) is 1.86. The Hall–Kier alpha value is -0.720. The number of amides is 1. The molecule has 1 unspecified atom stereocenters. The van der Waals surface area contributed by atoms with Crippen molar-refractivity contribution >= 4 is 23.1 Å². The van der Waals surface area contributed by atoms with Gasteiger partial charge in [0.25, 0.3) is 5.91 Å². The Morgan fingerprint density at radius 2 is 2.21 bits per heavy atom. The third-order valence-electron chi connectivity index (χ3n) is 2.39. The first-order valence-corrected chi connectivity index (χ1v) is 4.88. The molecule has 1 rings (SSSR count). The number of hydrogen-bond acceptors (Lipinski definition) is 4. The van der Waals surface area contributed by atoms with Crippen LogP contribution in [0.3, 0.4) is 0 Å². The Kier molecular flexibility index (Phi) is 3.41. The standard InChI is InChI=1S/C8H15N3O2S/c9-6(14)4-11-3-1-2-8(13,5-11)7(10)12/h13H,1-5H2,(H2,9,14)(H2,10,12). The quantitative estimate of drug-likeness (QED) is 0.505. The summed E-state index contributed by atoms with van der Waals surface area (Å²) in [5.41, 5.74) is 9.08. The number of primary amides is 1. The Balaban J connectivity index is 2.59. The minimum atomic E-state index is -1.41. The normalized spacial score (nSPS) is 28.6. The fraction of sp³-hybridized carbons (Fsp3) is 0.750. The third-order valence-corrected chi connectivity index (χ3v) is 2.52. The lowest BCUT2D eigenvalue weighted by molar-refractivity contribution is -0.141.